The Kier molecular flexibility index (Phi) is 10.0. The van der Waals surface area contributed by atoms with E-state index in [4.69, 9.17) is 30.5 Å². The molecule has 3 aromatic carbocycles. The maximum absolute atomic E-state index is 12.4. The van der Waals surface area contributed by atoms with Gasteiger partial charge in [-0.2, -0.15) is 5.10 Å². The number of esters is 1. The second kappa shape index (κ2) is 14.0. The molecule has 12 heteroatoms. The number of allylic oxidation sites excluding steroid dienone is 1. The number of urea groups is 1. The zero-order valence-electron chi connectivity index (χ0n) is 23.1. The molecule has 0 radical (unpaired) electrons. The lowest BCUT2D eigenvalue weighted by molar-refractivity contribution is -0.136. The summed E-state index contributed by atoms with van der Waals surface area (Å²) in [6.07, 6.45) is 1.49. The number of amides is 3. The zero-order valence-corrected chi connectivity index (χ0v) is 23.9. The van der Waals surface area contributed by atoms with Crippen LogP contribution in [0.1, 0.15) is 29.7 Å². The van der Waals surface area contributed by atoms with Crippen molar-refractivity contribution in [2.75, 3.05) is 20.8 Å². The first-order chi connectivity index (χ1) is 20.3. The van der Waals surface area contributed by atoms with Crippen molar-refractivity contribution in [3.8, 4) is 17.2 Å². The topological polar surface area (TPSA) is 137 Å². The fourth-order valence-electron chi connectivity index (χ4n) is 4.09. The molecule has 11 nitrogen and oxygen atoms in total. The number of nitrogens with zero attached hydrogens (tertiary/aromatic N) is 1. The van der Waals surface area contributed by atoms with Crippen LogP contribution >= 0.6 is 11.6 Å². The zero-order chi connectivity index (χ0) is 30.1. The van der Waals surface area contributed by atoms with Gasteiger partial charge in [-0.05, 0) is 60.5 Å². The molecule has 0 bridgehead atoms. The molecular weight excluding hydrogens is 564 g/mol. The van der Waals surface area contributed by atoms with Crippen LogP contribution in [-0.4, -0.2) is 44.9 Å². The van der Waals surface area contributed by atoms with Gasteiger partial charge in [0.25, 0.3) is 5.91 Å². The molecule has 0 fully saturated rings. The molecule has 1 aliphatic heterocycles. The third-order valence-electron chi connectivity index (χ3n) is 6.19. The molecular formula is C30H29ClN4O7. The first-order valence-electron chi connectivity index (χ1n) is 12.7. The van der Waals surface area contributed by atoms with Gasteiger partial charge >= 0.3 is 12.0 Å². The van der Waals surface area contributed by atoms with Crippen molar-refractivity contribution in [1.29, 1.82) is 0 Å². The van der Waals surface area contributed by atoms with Crippen LogP contribution in [0.3, 0.4) is 0 Å². The van der Waals surface area contributed by atoms with Crippen molar-refractivity contribution in [2.45, 2.75) is 19.6 Å². The van der Waals surface area contributed by atoms with E-state index < -0.39 is 23.9 Å². The summed E-state index contributed by atoms with van der Waals surface area (Å²) in [4.78, 5) is 36.7. The Morgan fingerprint density at radius 1 is 1.02 bits per heavy atom. The Bertz CT molecular complexity index is 1520. The molecule has 0 aliphatic carbocycles. The molecule has 0 spiro atoms. The fourth-order valence-corrected chi connectivity index (χ4v) is 4.28. The average molecular weight is 593 g/mol. The monoisotopic (exact) mass is 592 g/mol. The molecule has 1 heterocycles. The van der Waals surface area contributed by atoms with E-state index in [0.717, 1.165) is 11.1 Å². The molecule has 4 rings (SSSR count). The van der Waals surface area contributed by atoms with E-state index in [9.17, 15) is 14.4 Å². The molecule has 1 aliphatic rings. The van der Waals surface area contributed by atoms with Crippen molar-refractivity contribution in [1.82, 2.24) is 16.1 Å². The number of carbonyl (C=O) groups is 3. The van der Waals surface area contributed by atoms with Crippen molar-refractivity contribution in [2.24, 2.45) is 5.10 Å². The third kappa shape index (κ3) is 7.58. The highest BCUT2D eigenvalue weighted by Crippen LogP contribution is 2.34. The average Bonchev–Trinajstić information content (AvgIpc) is 2.99. The van der Waals surface area contributed by atoms with Crippen LogP contribution in [0.25, 0.3) is 0 Å². The van der Waals surface area contributed by atoms with E-state index in [0.29, 0.717) is 34.4 Å². The first-order valence-corrected chi connectivity index (χ1v) is 13.1. The first kappa shape index (κ1) is 29.9. The summed E-state index contributed by atoms with van der Waals surface area (Å²) in [6.45, 7) is 1.62. The Morgan fingerprint density at radius 3 is 2.50 bits per heavy atom. The summed E-state index contributed by atoms with van der Waals surface area (Å²) in [5, 5.41) is 9.88. The minimum absolute atomic E-state index is 0.254. The van der Waals surface area contributed by atoms with Crippen LogP contribution in [0, 0.1) is 0 Å². The van der Waals surface area contributed by atoms with Crippen molar-refractivity contribution < 1.29 is 33.3 Å². The second-order valence-electron chi connectivity index (χ2n) is 9.00. The number of carbonyl (C=O) groups excluding carboxylic acids is 3. The number of methoxy groups -OCH3 is 2. The second-order valence-corrected chi connectivity index (χ2v) is 9.41. The molecule has 0 saturated carbocycles. The molecule has 3 aromatic rings. The SMILES string of the molecule is COC(=O)C1=C(C)NC(=O)N[C@H]1c1ccc(OCC(=O)N/N=C\c2ccc(OCc3ccccc3Cl)cc2)c(OC)c1. The number of hydrogen-bond donors (Lipinski definition) is 3. The number of hydrazone groups is 1. The highest BCUT2D eigenvalue weighted by molar-refractivity contribution is 6.31. The summed E-state index contributed by atoms with van der Waals surface area (Å²) in [5.41, 5.74) is 5.24. The van der Waals surface area contributed by atoms with Gasteiger partial charge in [0.2, 0.25) is 0 Å². The van der Waals surface area contributed by atoms with E-state index in [1.807, 2.05) is 24.3 Å². The summed E-state index contributed by atoms with van der Waals surface area (Å²) in [6, 6.07) is 18.3. The van der Waals surface area contributed by atoms with E-state index in [2.05, 4.69) is 21.2 Å². The largest absolute Gasteiger partial charge is 0.493 e. The number of ether oxygens (including phenoxy) is 4. The number of benzene rings is 3. The summed E-state index contributed by atoms with van der Waals surface area (Å²) in [7, 11) is 2.70. The number of rotatable bonds is 11. The van der Waals surface area contributed by atoms with E-state index in [1.165, 1.54) is 20.4 Å². The van der Waals surface area contributed by atoms with Gasteiger partial charge < -0.3 is 29.6 Å². The van der Waals surface area contributed by atoms with Gasteiger partial charge in [-0.15, -0.1) is 0 Å². The Labute approximate surface area is 247 Å². The number of nitrogens with one attached hydrogen (secondary N) is 3. The van der Waals surface area contributed by atoms with E-state index >= 15 is 0 Å². The molecule has 3 N–H and O–H groups in total. The van der Waals surface area contributed by atoms with E-state index in [1.54, 1.807) is 49.4 Å². The number of hydrogen-bond acceptors (Lipinski definition) is 8. The van der Waals surface area contributed by atoms with Gasteiger partial charge in [0.15, 0.2) is 18.1 Å². The maximum atomic E-state index is 12.4. The molecule has 3 amide bonds. The Morgan fingerprint density at radius 2 is 1.79 bits per heavy atom. The van der Waals surface area contributed by atoms with Crippen LogP contribution in [0.4, 0.5) is 4.79 Å². The molecule has 218 valence electrons. The molecule has 42 heavy (non-hydrogen) atoms. The Hall–Kier alpha value is -5.03. The summed E-state index contributed by atoms with van der Waals surface area (Å²) in [5.74, 6) is 0.178. The summed E-state index contributed by atoms with van der Waals surface area (Å²) < 4.78 is 21.7. The van der Waals surface area contributed by atoms with Crippen LogP contribution < -0.4 is 30.3 Å². The molecule has 0 aromatic heterocycles. The molecule has 0 unspecified atom stereocenters. The fraction of sp³-hybridized carbons (Fsp3) is 0.200. The van der Waals surface area contributed by atoms with Crippen LogP contribution in [0.5, 0.6) is 17.2 Å². The smallest absolute Gasteiger partial charge is 0.337 e. The van der Waals surface area contributed by atoms with Crippen LogP contribution in [-0.2, 0) is 20.9 Å². The minimum atomic E-state index is -0.769. The lowest BCUT2D eigenvalue weighted by Crippen LogP contribution is -2.45. The van der Waals surface area contributed by atoms with Gasteiger partial charge in [-0.3, -0.25) is 4.79 Å². The lowest BCUT2D eigenvalue weighted by Gasteiger charge is -2.28. The highest BCUT2D eigenvalue weighted by Gasteiger charge is 2.32. The van der Waals surface area contributed by atoms with E-state index in [-0.39, 0.29) is 17.9 Å². The predicted molar refractivity (Wildman–Crippen MR) is 156 cm³/mol. The molecule has 1 atom stereocenters. The summed E-state index contributed by atoms with van der Waals surface area (Å²) >= 11 is 6.16. The standard InChI is InChI=1S/C30H29ClN4O7/c1-18-27(29(37)40-3)28(34-30(38)33-18)20-10-13-24(25(14-20)39-2)42-17-26(36)35-32-15-19-8-11-22(12-9-19)41-16-21-6-4-5-7-23(21)31/h4-15,28H,16-17H2,1-3H3,(H,35,36)(H2,33,34,38)/b32-15-/t28-/m0/s1. The molecule has 0 saturated heterocycles. The van der Waals surface area contributed by atoms with Crippen molar-refractivity contribution >= 4 is 35.7 Å². The van der Waals surface area contributed by atoms with Gasteiger partial charge in [0.05, 0.1) is 32.0 Å². The van der Waals surface area contributed by atoms with Crippen LogP contribution in [0.2, 0.25) is 5.02 Å². The van der Waals surface area contributed by atoms with Crippen LogP contribution in [0.15, 0.2) is 83.1 Å². The predicted octanol–water partition coefficient (Wildman–Crippen LogP) is 4.26. The van der Waals surface area contributed by atoms with Gasteiger partial charge in [0.1, 0.15) is 12.4 Å². The number of halogens is 1. The highest BCUT2D eigenvalue weighted by atomic mass is 35.5. The van der Waals surface area contributed by atoms with Crippen molar-refractivity contribution in [3.63, 3.8) is 0 Å². The van der Waals surface area contributed by atoms with Gasteiger partial charge in [-0.25, -0.2) is 15.0 Å². The maximum Gasteiger partial charge on any atom is 0.337 e. The normalized spacial score (nSPS) is 14.6. The van der Waals surface area contributed by atoms with Gasteiger partial charge in [-0.1, -0.05) is 35.9 Å². The lowest BCUT2D eigenvalue weighted by atomic mass is 9.95. The van der Waals surface area contributed by atoms with Crippen molar-refractivity contribution in [3.05, 3.63) is 99.7 Å². The van der Waals surface area contributed by atoms with Gasteiger partial charge in [0, 0.05) is 16.3 Å². The third-order valence-corrected chi connectivity index (χ3v) is 6.56. The quantitative estimate of drug-likeness (QED) is 0.172. The Balaban J connectivity index is 1.31. The minimum Gasteiger partial charge on any atom is -0.493 e.